The second-order valence-electron chi connectivity index (χ2n) is 8.74. The highest BCUT2D eigenvalue weighted by Crippen LogP contribution is 2.37. The van der Waals surface area contributed by atoms with Crippen LogP contribution in [0.4, 0.5) is 4.39 Å². The van der Waals surface area contributed by atoms with Gasteiger partial charge in [0.2, 0.25) is 0 Å². The first kappa shape index (κ1) is 22.0. The summed E-state index contributed by atoms with van der Waals surface area (Å²) in [5, 5.41) is 11.2. The highest BCUT2D eigenvalue weighted by Gasteiger charge is 2.38. The number of rotatable bonds is 5. The molecule has 1 amide bonds. The maximum atomic E-state index is 13.6. The van der Waals surface area contributed by atoms with Gasteiger partial charge < -0.3 is 9.80 Å². The lowest BCUT2D eigenvalue weighted by Gasteiger charge is -2.44. The van der Waals surface area contributed by atoms with E-state index in [2.05, 4.69) is 17.9 Å². The molecule has 1 aliphatic heterocycles. The number of hydrogen-bond acceptors (Lipinski definition) is 3. The molecule has 164 valence electrons. The fourth-order valence-electron chi connectivity index (χ4n) is 4.92. The first-order valence-electron chi connectivity index (χ1n) is 11.1. The smallest absolute Gasteiger partial charge is 0.254 e. The minimum absolute atomic E-state index is 0.0993. The van der Waals surface area contributed by atoms with Crippen molar-refractivity contribution in [1.82, 2.24) is 9.80 Å². The molecule has 4 rings (SSSR count). The van der Waals surface area contributed by atoms with Crippen molar-refractivity contribution in [3.8, 4) is 6.07 Å². The second kappa shape index (κ2) is 9.10. The Balaban J connectivity index is 1.68. The summed E-state index contributed by atoms with van der Waals surface area (Å²) in [6, 6.07) is 20.1. The molecule has 0 bridgehead atoms. The molecule has 1 heterocycles. The van der Waals surface area contributed by atoms with E-state index < -0.39 is 0 Å². The van der Waals surface area contributed by atoms with E-state index in [0.29, 0.717) is 17.7 Å². The van der Waals surface area contributed by atoms with Crippen molar-refractivity contribution in [1.29, 1.82) is 5.26 Å². The zero-order valence-electron chi connectivity index (χ0n) is 18.6. The molecule has 4 nitrogen and oxygen atoms in total. The summed E-state index contributed by atoms with van der Waals surface area (Å²) in [5.41, 5.74) is 1.86. The van der Waals surface area contributed by atoms with Crippen molar-refractivity contribution in [2.75, 3.05) is 33.2 Å². The number of carbonyl (C=O) groups is 1. The molecule has 0 spiro atoms. The number of likely N-dealkylation sites (tertiary alicyclic amines) is 1. The number of carbonyl (C=O) groups excluding carboxylic acids is 1. The lowest BCUT2D eigenvalue weighted by atomic mass is 9.72. The van der Waals surface area contributed by atoms with Crippen molar-refractivity contribution in [2.45, 2.75) is 25.2 Å². The number of fused-ring (bicyclic) bond motifs is 1. The standard InChI is InChI=1S/C27H28FN3O/c1-3-31-14-12-27(13-15-31,22-8-10-23(28)11-9-22)19-30(2)26(32)25-17-20(18-29)16-21-6-4-5-7-24(21)25/h4-11,16-17H,3,12-15,19H2,1-2H3. The molecule has 3 aromatic rings. The molecular formula is C27H28FN3O. The van der Waals surface area contributed by atoms with E-state index in [1.165, 1.54) is 12.1 Å². The molecule has 0 N–H and O–H groups in total. The summed E-state index contributed by atoms with van der Waals surface area (Å²) in [7, 11) is 1.83. The summed E-state index contributed by atoms with van der Waals surface area (Å²) in [6.45, 7) is 5.60. The molecule has 3 aromatic carbocycles. The van der Waals surface area contributed by atoms with Gasteiger partial charge in [0.05, 0.1) is 11.6 Å². The number of nitriles is 1. The van der Waals surface area contributed by atoms with Crippen LogP contribution in [0.2, 0.25) is 0 Å². The molecule has 1 fully saturated rings. The highest BCUT2D eigenvalue weighted by molar-refractivity contribution is 6.07. The van der Waals surface area contributed by atoms with Crippen molar-refractivity contribution in [2.24, 2.45) is 0 Å². The van der Waals surface area contributed by atoms with Crippen LogP contribution in [0.25, 0.3) is 10.8 Å². The topological polar surface area (TPSA) is 47.3 Å². The fraction of sp³-hybridized carbons (Fsp3) is 0.333. The Hall–Kier alpha value is -3.23. The van der Waals surface area contributed by atoms with E-state index in [4.69, 9.17) is 0 Å². The molecule has 0 unspecified atom stereocenters. The third-order valence-corrected chi connectivity index (χ3v) is 6.82. The first-order chi connectivity index (χ1) is 15.5. The largest absolute Gasteiger partial charge is 0.341 e. The summed E-state index contributed by atoms with van der Waals surface area (Å²) in [4.78, 5) is 17.8. The lowest BCUT2D eigenvalue weighted by Crippen LogP contribution is -2.49. The first-order valence-corrected chi connectivity index (χ1v) is 11.1. The van der Waals surface area contributed by atoms with E-state index in [-0.39, 0.29) is 17.1 Å². The van der Waals surface area contributed by atoms with Gasteiger partial charge in [0.25, 0.3) is 5.91 Å². The van der Waals surface area contributed by atoms with E-state index in [1.807, 2.05) is 49.5 Å². The Bertz CT molecular complexity index is 1160. The maximum Gasteiger partial charge on any atom is 0.254 e. The fourth-order valence-corrected chi connectivity index (χ4v) is 4.92. The quantitative estimate of drug-likeness (QED) is 0.575. The Morgan fingerprint density at radius 2 is 1.81 bits per heavy atom. The van der Waals surface area contributed by atoms with Crippen molar-refractivity contribution in [3.05, 3.63) is 83.2 Å². The number of nitrogens with zero attached hydrogens (tertiary/aromatic N) is 3. The van der Waals surface area contributed by atoms with Crippen molar-refractivity contribution >= 4 is 16.7 Å². The van der Waals surface area contributed by atoms with Gasteiger partial charge in [-0.2, -0.15) is 5.26 Å². The summed E-state index contributed by atoms with van der Waals surface area (Å²) in [6.07, 6.45) is 1.81. The molecule has 0 radical (unpaired) electrons. The monoisotopic (exact) mass is 429 g/mol. The average molecular weight is 430 g/mol. The number of likely N-dealkylation sites (N-methyl/N-ethyl adjacent to an activating group) is 1. The van der Waals surface area contributed by atoms with Crippen LogP contribution in [-0.2, 0) is 5.41 Å². The van der Waals surface area contributed by atoms with Gasteiger partial charge in [-0.25, -0.2) is 4.39 Å². The van der Waals surface area contributed by atoms with Gasteiger partial charge in [-0.15, -0.1) is 0 Å². The highest BCUT2D eigenvalue weighted by atomic mass is 19.1. The molecule has 0 aromatic heterocycles. The number of hydrogen-bond donors (Lipinski definition) is 0. The number of halogens is 1. The third kappa shape index (κ3) is 4.24. The zero-order chi connectivity index (χ0) is 22.7. The Kier molecular flexibility index (Phi) is 6.25. The second-order valence-corrected chi connectivity index (χ2v) is 8.74. The molecular weight excluding hydrogens is 401 g/mol. The lowest BCUT2D eigenvalue weighted by molar-refractivity contribution is 0.0704. The number of piperidine rings is 1. The SMILES string of the molecule is CCN1CCC(CN(C)C(=O)c2cc(C#N)cc3ccccc23)(c2ccc(F)cc2)CC1. The normalized spacial score (nSPS) is 15.9. The Labute approximate surface area is 188 Å². The van der Waals surface area contributed by atoms with Crippen LogP contribution >= 0.6 is 0 Å². The van der Waals surface area contributed by atoms with E-state index in [0.717, 1.165) is 48.8 Å². The predicted molar refractivity (Wildman–Crippen MR) is 125 cm³/mol. The molecule has 1 saturated heterocycles. The molecule has 0 atom stereocenters. The molecule has 5 heteroatoms. The van der Waals surface area contributed by atoms with E-state index >= 15 is 0 Å². The van der Waals surface area contributed by atoms with Crippen LogP contribution in [0.5, 0.6) is 0 Å². The molecule has 1 aliphatic rings. The van der Waals surface area contributed by atoms with Crippen molar-refractivity contribution in [3.63, 3.8) is 0 Å². The minimum atomic E-state index is -0.251. The van der Waals surface area contributed by atoms with E-state index in [1.54, 1.807) is 11.0 Å². The number of benzene rings is 3. The van der Waals surface area contributed by atoms with Crippen LogP contribution < -0.4 is 0 Å². The molecule has 0 saturated carbocycles. The summed E-state index contributed by atoms with van der Waals surface area (Å²) >= 11 is 0. The Morgan fingerprint density at radius 3 is 2.47 bits per heavy atom. The van der Waals surface area contributed by atoms with Gasteiger partial charge in [-0.3, -0.25) is 4.79 Å². The van der Waals surface area contributed by atoms with Gasteiger partial charge in [-0.1, -0.05) is 43.3 Å². The van der Waals surface area contributed by atoms with Gasteiger partial charge in [0, 0.05) is 24.6 Å². The van der Waals surface area contributed by atoms with Crippen molar-refractivity contribution < 1.29 is 9.18 Å². The average Bonchev–Trinajstić information content (AvgIpc) is 2.83. The Morgan fingerprint density at radius 1 is 1.12 bits per heavy atom. The van der Waals surface area contributed by atoms with Crippen LogP contribution in [0.1, 0.15) is 41.3 Å². The van der Waals surface area contributed by atoms with Gasteiger partial charge >= 0.3 is 0 Å². The molecule has 0 aliphatic carbocycles. The van der Waals surface area contributed by atoms with Crippen LogP contribution in [0.15, 0.2) is 60.7 Å². The minimum Gasteiger partial charge on any atom is -0.341 e. The van der Waals surface area contributed by atoms with Gasteiger partial charge in [-0.05, 0) is 73.1 Å². The van der Waals surface area contributed by atoms with Crippen LogP contribution in [0, 0.1) is 17.1 Å². The zero-order valence-corrected chi connectivity index (χ0v) is 18.6. The third-order valence-electron chi connectivity index (χ3n) is 6.82. The maximum absolute atomic E-state index is 13.6. The van der Waals surface area contributed by atoms with Crippen LogP contribution in [-0.4, -0.2) is 48.9 Å². The van der Waals surface area contributed by atoms with Gasteiger partial charge in [0.1, 0.15) is 5.82 Å². The van der Waals surface area contributed by atoms with E-state index in [9.17, 15) is 14.4 Å². The summed E-state index contributed by atoms with van der Waals surface area (Å²) < 4.78 is 13.6. The van der Waals surface area contributed by atoms with Gasteiger partial charge in [0.15, 0.2) is 0 Å². The van der Waals surface area contributed by atoms with Crippen LogP contribution in [0.3, 0.4) is 0 Å². The summed E-state index contributed by atoms with van der Waals surface area (Å²) in [5.74, 6) is -0.350. The number of amides is 1. The molecule has 32 heavy (non-hydrogen) atoms. The predicted octanol–water partition coefficient (Wildman–Crippen LogP) is 4.98.